The first-order valence-corrected chi connectivity index (χ1v) is 19.0. The summed E-state index contributed by atoms with van der Waals surface area (Å²) in [5.74, 6) is -6.07. The summed E-state index contributed by atoms with van der Waals surface area (Å²) in [5.41, 5.74) is -7.05. The zero-order valence-corrected chi connectivity index (χ0v) is 30.6. The van der Waals surface area contributed by atoms with Gasteiger partial charge >= 0.3 is 11.9 Å². The number of amides is 2. The highest BCUT2D eigenvalue weighted by Crippen LogP contribution is 2.54. The van der Waals surface area contributed by atoms with Crippen molar-refractivity contribution in [2.45, 2.75) is 164 Å². The lowest BCUT2D eigenvalue weighted by atomic mass is 9.64. The number of allylic oxidation sites excluding steroid dienone is 2. The van der Waals surface area contributed by atoms with Crippen LogP contribution in [0, 0.1) is 23.7 Å². The maximum Gasteiger partial charge on any atom is 0.339 e. The first kappa shape index (κ1) is 40.9. The minimum Gasteiger partial charge on any atom is -0.479 e. The van der Waals surface area contributed by atoms with Gasteiger partial charge in [-0.05, 0) is 65.2 Å². The van der Waals surface area contributed by atoms with Gasteiger partial charge in [-0.15, -0.1) is 0 Å². The Morgan fingerprint density at radius 2 is 1.29 bits per heavy atom. The van der Waals surface area contributed by atoms with Crippen molar-refractivity contribution in [1.29, 1.82) is 0 Å². The Balaban J connectivity index is 0.000000229. The lowest BCUT2D eigenvalue weighted by molar-refractivity contribution is -0.243. The first-order chi connectivity index (χ1) is 24.1. The van der Waals surface area contributed by atoms with E-state index >= 15 is 0 Å². The van der Waals surface area contributed by atoms with E-state index < -0.39 is 88.2 Å². The second-order valence-electron chi connectivity index (χ2n) is 15.6. The number of aliphatic carboxylic acids is 1. The molecule has 5 rings (SSSR count). The molecule has 5 aliphatic rings. The van der Waals surface area contributed by atoms with Crippen LogP contribution in [-0.2, 0) is 23.9 Å². The van der Waals surface area contributed by atoms with Crippen molar-refractivity contribution in [1.82, 2.24) is 10.6 Å². The number of hydrogen-bond acceptors (Lipinski definition) is 10. The van der Waals surface area contributed by atoms with Gasteiger partial charge in [-0.1, -0.05) is 76.7 Å². The summed E-state index contributed by atoms with van der Waals surface area (Å²) in [6.07, 6.45) is 13.9. The second-order valence-corrected chi connectivity index (χ2v) is 15.6. The lowest BCUT2D eigenvalue weighted by Crippen LogP contribution is -2.80. The standard InChI is InChI=1S/C19H31NO6.C19H29NO5/c1-3-4-6-11-13(21)14-16(23)20-19(17(24)25,18(14,2)26)15(22)12-9-7-5-8-10-12;1-3-4-6-11-13(21)14-16(23)20-19(17(24)25-18(14,19)2)15(22)12-9-7-5-8-10-12/h7,9,12-15,21-22,26H,3-6,8,10-11H2,1-2H3,(H,20,23)(H,24,25);7,9,12-15,21-22H,3-6,8,10-11H2,1-2H3,(H,20,23)/t2*12-,13?,14+,15+,18+,19+/m11/s1. The number of hydrogen-bond donors (Lipinski definition) is 8. The molecule has 8 N–H and O–H groups in total. The highest BCUT2D eigenvalue weighted by atomic mass is 16.6. The second kappa shape index (κ2) is 16.4. The van der Waals surface area contributed by atoms with Gasteiger partial charge < -0.3 is 46.0 Å². The maximum absolute atomic E-state index is 12.6. The number of carboxylic acid groups (broad SMARTS) is 1. The zero-order valence-electron chi connectivity index (χ0n) is 30.6. The summed E-state index contributed by atoms with van der Waals surface area (Å²) in [5, 5.41) is 69.0. The fourth-order valence-electron chi connectivity index (χ4n) is 9.15. The van der Waals surface area contributed by atoms with Gasteiger partial charge in [-0.25, -0.2) is 9.59 Å². The monoisotopic (exact) mass is 720 g/mol. The van der Waals surface area contributed by atoms with Crippen molar-refractivity contribution in [2.24, 2.45) is 23.7 Å². The average Bonchev–Trinajstić information content (AvgIpc) is 3.43. The number of aliphatic hydroxyl groups is 5. The van der Waals surface area contributed by atoms with Crippen LogP contribution in [0.15, 0.2) is 24.3 Å². The molecule has 3 saturated heterocycles. The molecule has 0 saturated carbocycles. The van der Waals surface area contributed by atoms with Gasteiger partial charge in [0, 0.05) is 11.8 Å². The fourth-order valence-corrected chi connectivity index (χ4v) is 9.15. The van der Waals surface area contributed by atoms with E-state index in [4.69, 9.17) is 4.74 Å². The molecule has 3 aliphatic heterocycles. The third-order valence-corrected chi connectivity index (χ3v) is 12.2. The number of carboxylic acids is 1. The molecule has 51 heavy (non-hydrogen) atoms. The molecule has 3 heterocycles. The molecule has 2 unspecified atom stereocenters. The van der Waals surface area contributed by atoms with E-state index in [1.807, 2.05) is 25.2 Å². The van der Waals surface area contributed by atoms with Crippen LogP contribution in [0.2, 0.25) is 0 Å². The molecular weight excluding hydrogens is 660 g/mol. The highest BCUT2D eigenvalue weighted by Gasteiger charge is 2.80. The van der Waals surface area contributed by atoms with Crippen molar-refractivity contribution < 1.29 is 54.6 Å². The van der Waals surface area contributed by atoms with Crippen molar-refractivity contribution in [3.63, 3.8) is 0 Å². The predicted molar refractivity (Wildman–Crippen MR) is 187 cm³/mol. The van der Waals surface area contributed by atoms with Crippen molar-refractivity contribution in [2.75, 3.05) is 0 Å². The Hall–Kier alpha value is -2.84. The zero-order chi connectivity index (χ0) is 37.8. The molecule has 3 fully saturated rings. The Morgan fingerprint density at radius 3 is 1.75 bits per heavy atom. The molecule has 0 aromatic heterocycles. The van der Waals surface area contributed by atoms with E-state index in [1.165, 1.54) is 6.92 Å². The third kappa shape index (κ3) is 7.13. The number of nitrogens with one attached hydrogen (secondary N) is 2. The van der Waals surface area contributed by atoms with Crippen LogP contribution in [0.5, 0.6) is 0 Å². The van der Waals surface area contributed by atoms with Crippen LogP contribution in [0.25, 0.3) is 0 Å². The summed E-state index contributed by atoms with van der Waals surface area (Å²) < 4.78 is 5.41. The molecule has 2 amide bonds. The molecule has 0 bridgehead atoms. The van der Waals surface area contributed by atoms with Gasteiger partial charge in [0.2, 0.25) is 17.4 Å². The van der Waals surface area contributed by atoms with E-state index in [-0.39, 0.29) is 12.3 Å². The van der Waals surface area contributed by atoms with E-state index in [2.05, 4.69) is 17.6 Å². The number of carbonyl (C=O) groups excluding carboxylic acids is 3. The van der Waals surface area contributed by atoms with Gasteiger partial charge in [0.25, 0.3) is 0 Å². The van der Waals surface area contributed by atoms with E-state index in [9.17, 15) is 49.8 Å². The van der Waals surface area contributed by atoms with Crippen LogP contribution >= 0.6 is 0 Å². The Kier molecular flexibility index (Phi) is 13.2. The van der Waals surface area contributed by atoms with Crippen molar-refractivity contribution in [3.8, 4) is 0 Å². The summed E-state index contributed by atoms with van der Waals surface area (Å²) in [4.78, 5) is 49.7. The van der Waals surface area contributed by atoms with E-state index in [0.29, 0.717) is 19.3 Å². The minimum atomic E-state index is -2.26. The topological polar surface area (TPSA) is 223 Å². The van der Waals surface area contributed by atoms with E-state index in [0.717, 1.165) is 64.2 Å². The minimum absolute atomic E-state index is 0.197. The Morgan fingerprint density at radius 1 is 0.804 bits per heavy atom. The highest BCUT2D eigenvalue weighted by molar-refractivity contribution is 6.02. The first-order valence-electron chi connectivity index (χ1n) is 19.0. The third-order valence-electron chi connectivity index (χ3n) is 12.2. The maximum atomic E-state index is 12.6. The van der Waals surface area contributed by atoms with Crippen LogP contribution in [0.1, 0.15) is 118 Å². The number of carbonyl (C=O) groups is 4. The van der Waals surface area contributed by atoms with E-state index in [1.54, 1.807) is 13.0 Å². The van der Waals surface area contributed by atoms with Crippen molar-refractivity contribution in [3.05, 3.63) is 24.3 Å². The predicted octanol–water partition coefficient (Wildman–Crippen LogP) is 2.41. The molecule has 0 aromatic rings. The van der Waals surface area contributed by atoms with Crippen LogP contribution in [0.4, 0.5) is 0 Å². The molecule has 2 aliphatic carbocycles. The molecule has 0 radical (unpaired) electrons. The molecule has 12 atom stereocenters. The SMILES string of the molecule is CCCCCC(O)[C@H]1C(=O)N[C@@]2([C@@H](O)[C@@H]3C=CCCC3)C(=O)O[C@@]12C.CCCCCC(O)[C@H]1C(=O)N[C@](C(=O)O)([C@@H](O)[C@@H]2C=CCCC2)[C@@]1(C)O. The Labute approximate surface area is 300 Å². The quantitative estimate of drug-likeness (QED) is 0.0697. The number of fused-ring (bicyclic) bond motifs is 1. The lowest BCUT2D eigenvalue weighted by Gasteiger charge is -2.55. The fraction of sp³-hybridized carbons (Fsp3) is 0.789. The smallest absolute Gasteiger partial charge is 0.339 e. The average molecular weight is 721 g/mol. The van der Waals surface area contributed by atoms with Gasteiger partial charge in [0.15, 0.2) is 11.1 Å². The molecule has 0 spiro atoms. The largest absolute Gasteiger partial charge is 0.479 e. The molecular formula is C38H60N2O11. The summed E-state index contributed by atoms with van der Waals surface area (Å²) >= 11 is 0. The van der Waals surface area contributed by atoms with Gasteiger partial charge in [0.1, 0.15) is 11.5 Å². The van der Waals surface area contributed by atoms with Crippen LogP contribution < -0.4 is 10.6 Å². The van der Waals surface area contributed by atoms with Gasteiger partial charge in [-0.3, -0.25) is 9.59 Å². The number of rotatable bonds is 15. The number of esters is 1. The summed E-state index contributed by atoms with van der Waals surface area (Å²) in [6.45, 7) is 6.97. The Bertz CT molecular complexity index is 1330. The summed E-state index contributed by atoms with van der Waals surface area (Å²) in [6, 6.07) is 0. The molecule has 0 aromatic carbocycles. The molecule has 13 heteroatoms. The number of ether oxygens (including phenoxy) is 1. The van der Waals surface area contributed by atoms with Gasteiger partial charge in [0.05, 0.1) is 30.3 Å². The number of unbranched alkanes of at least 4 members (excludes halogenated alkanes) is 4. The van der Waals surface area contributed by atoms with Crippen molar-refractivity contribution >= 4 is 23.8 Å². The molecule has 13 nitrogen and oxygen atoms in total. The number of aliphatic hydroxyl groups excluding tert-OH is 4. The van der Waals surface area contributed by atoms with Crippen LogP contribution in [0.3, 0.4) is 0 Å². The van der Waals surface area contributed by atoms with Gasteiger partial charge in [-0.2, -0.15) is 0 Å². The normalized spacial score (nSPS) is 37.9. The molecule has 288 valence electrons. The summed E-state index contributed by atoms with van der Waals surface area (Å²) in [7, 11) is 0. The van der Waals surface area contributed by atoms with Crippen LogP contribution in [-0.4, -0.2) is 101 Å².